The van der Waals surface area contributed by atoms with Gasteiger partial charge in [-0.15, -0.1) is 35.3 Å². The molecular formula is C15H25IN4O2S. The normalized spacial score (nSPS) is 14.1. The molecule has 0 bridgehead atoms. The van der Waals surface area contributed by atoms with Crippen molar-refractivity contribution in [3.8, 4) is 0 Å². The second kappa shape index (κ2) is 10.8. The van der Waals surface area contributed by atoms with E-state index >= 15 is 0 Å². The van der Waals surface area contributed by atoms with Gasteiger partial charge in [-0.25, -0.2) is 9.98 Å². The van der Waals surface area contributed by atoms with Crippen LogP contribution in [-0.4, -0.2) is 36.1 Å². The van der Waals surface area contributed by atoms with Crippen molar-refractivity contribution < 1.29 is 9.53 Å². The lowest BCUT2D eigenvalue weighted by atomic mass is 10.3. The van der Waals surface area contributed by atoms with Gasteiger partial charge < -0.3 is 15.4 Å². The molecule has 1 heterocycles. The van der Waals surface area contributed by atoms with Crippen molar-refractivity contribution in [3.05, 3.63) is 16.1 Å². The first-order chi connectivity index (χ1) is 10.7. The minimum atomic E-state index is -0.142. The molecule has 1 aliphatic rings. The summed E-state index contributed by atoms with van der Waals surface area (Å²) in [6, 6.07) is 0.536. The van der Waals surface area contributed by atoms with Crippen molar-refractivity contribution in [2.75, 3.05) is 13.2 Å². The maximum Gasteiger partial charge on any atom is 0.305 e. The Morgan fingerprint density at radius 3 is 2.91 bits per heavy atom. The number of thiazole rings is 1. The predicted octanol–water partition coefficient (Wildman–Crippen LogP) is 2.61. The van der Waals surface area contributed by atoms with Gasteiger partial charge in [0.15, 0.2) is 5.96 Å². The number of hydrogen-bond donors (Lipinski definition) is 2. The molecule has 6 nitrogen and oxygen atoms in total. The third-order valence-corrected chi connectivity index (χ3v) is 4.06. The standard InChI is InChI=1S/C15H24N4O2S.HI/c1-3-21-14(20)5-4-8-16-15(19-12-6-7-12)17-9-13-18-11(2)10-22-13;/h10,12H,3-9H2,1-2H3,(H2,16,17,19);1H. The highest BCUT2D eigenvalue weighted by atomic mass is 127. The largest absolute Gasteiger partial charge is 0.466 e. The summed E-state index contributed by atoms with van der Waals surface area (Å²) in [5.74, 6) is 0.662. The van der Waals surface area contributed by atoms with Gasteiger partial charge in [-0.3, -0.25) is 4.79 Å². The Kier molecular flexibility index (Phi) is 9.46. The number of aliphatic imine (C=N–C) groups is 1. The van der Waals surface area contributed by atoms with Crippen LogP contribution >= 0.6 is 35.3 Å². The Bertz CT molecular complexity index is 517. The van der Waals surface area contributed by atoms with E-state index in [0.717, 1.165) is 23.1 Å². The van der Waals surface area contributed by atoms with E-state index in [9.17, 15) is 4.79 Å². The van der Waals surface area contributed by atoms with E-state index in [2.05, 4.69) is 20.6 Å². The van der Waals surface area contributed by atoms with Gasteiger partial charge in [0, 0.05) is 30.1 Å². The molecule has 0 radical (unpaired) electrons. The molecule has 0 aromatic carbocycles. The summed E-state index contributed by atoms with van der Waals surface area (Å²) < 4.78 is 4.91. The van der Waals surface area contributed by atoms with Crippen LogP contribution in [0, 0.1) is 6.92 Å². The minimum absolute atomic E-state index is 0. The van der Waals surface area contributed by atoms with Crippen LogP contribution in [0.2, 0.25) is 0 Å². The van der Waals surface area contributed by atoms with Crippen LogP contribution in [0.25, 0.3) is 0 Å². The van der Waals surface area contributed by atoms with Crippen LogP contribution in [0.1, 0.15) is 43.3 Å². The zero-order valence-electron chi connectivity index (χ0n) is 13.6. The first-order valence-corrected chi connectivity index (χ1v) is 8.67. The highest BCUT2D eigenvalue weighted by molar-refractivity contribution is 14.0. The fraction of sp³-hybridized carbons (Fsp3) is 0.667. The number of aromatic nitrogens is 1. The number of guanidine groups is 1. The van der Waals surface area contributed by atoms with Gasteiger partial charge >= 0.3 is 5.97 Å². The van der Waals surface area contributed by atoms with Crippen molar-refractivity contribution in [1.29, 1.82) is 0 Å². The van der Waals surface area contributed by atoms with Gasteiger partial charge in [-0.1, -0.05) is 0 Å². The van der Waals surface area contributed by atoms with Crippen molar-refractivity contribution in [3.63, 3.8) is 0 Å². The number of esters is 1. The van der Waals surface area contributed by atoms with Gasteiger partial charge in [-0.05, 0) is 33.1 Å². The Balaban J connectivity index is 0.00000264. The van der Waals surface area contributed by atoms with Crippen LogP contribution in [0.5, 0.6) is 0 Å². The first kappa shape index (κ1) is 20.1. The maximum absolute atomic E-state index is 11.3. The average Bonchev–Trinajstić information content (AvgIpc) is 3.21. The second-order valence-electron chi connectivity index (χ2n) is 5.30. The van der Waals surface area contributed by atoms with E-state index in [0.29, 0.717) is 32.2 Å². The lowest BCUT2D eigenvalue weighted by molar-refractivity contribution is -0.143. The van der Waals surface area contributed by atoms with Crippen molar-refractivity contribution in [2.24, 2.45) is 4.99 Å². The molecule has 1 aromatic rings. The average molecular weight is 452 g/mol. The molecule has 2 rings (SSSR count). The van der Waals surface area contributed by atoms with E-state index < -0.39 is 0 Å². The lowest BCUT2D eigenvalue weighted by Gasteiger charge is -2.11. The van der Waals surface area contributed by atoms with E-state index in [-0.39, 0.29) is 29.9 Å². The Hall–Kier alpha value is -0.900. The fourth-order valence-electron chi connectivity index (χ4n) is 1.87. The van der Waals surface area contributed by atoms with E-state index in [1.807, 2.05) is 19.2 Å². The van der Waals surface area contributed by atoms with E-state index in [1.54, 1.807) is 11.3 Å². The van der Waals surface area contributed by atoms with Crippen LogP contribution in [0.4, 0.5) is 0 Å². The summed E-state index contributed by atoms with van der Waals surface area (Å²) in [7, 11) is 0. The molecule has 1 aromatic heterocycles. The summed E-state index contributed by atoms with van der Waals surface area (Å²) in [4.78, 5) is 20.3. The molecular weight excluding hydrogens is 427 g/mol. The number of nitrogens with zero attached hydrogens (tertiary/aromatic N) is 2. The monoisotopic (exact) mass is 452 g/mol. The minimum Gasteiger partial charge on any atom is -0.466 e. The van der Waals surface area contributed by atoms with Crippen LogP contribution in [0.3, 0.4) is 0 Å². The molecule has 0 saturated heterocycles. The van der Waals surface area contributed by atoms with Gasteiger partial charge in [0.25, 0.3) is 0 Å². The van der Waals surface area contributed by atoms with Gasteiger partial charge in [0.05, 0.1) is 13.2 Å². The Morgan fingerprint density at radius 1 is 1.52 bits per heavy atom. The summed E-state index contributed by atoms with van der Waals surface area (Å²) in [6.07, 6.45) is 3.56. The number of aryl methyl sites for hydroxylation is 1. The van der Waals surface area contributed by atoms with Crippen LogP contribution < -0.4 is 10.6 Å². The van der Waals surface area contributed by atoms with Gasteiger partial charge in [-0.2, -0.15) is 0 Å². The fourth-order valence-corrected chi connectivity index (χ4v) is 2.56. The third kappa shape index (κ3) is 8.50. The second-order valence-corrected chi connectivity index (χ2v) is 6.24. The molecule has 130 valence electrons. The third-order valence-electron chi connectivity index (χ3n) is 3.11. The van der Waals surface area contributed by atoms with Gasteiger partial charge in [0.2, 0.25) is 0 Å². The molecule has 1 fully saturated rings. The molecule has 23 heavy (non-hydrogen) atoms. The van der Waals surface area contributed by atoms with Crippen molar-refractivity contribution in [1.82, 2.24) is 15.6 Å². The lowest BCUT2D eigenvalue weighted by Crippen LogP contribution is -2.39. The Morgan fingerprint density at radius 2 is 2.30 bits per heavy atom. The highest BCUT2D eigenvalue weighted by Crippen LogP contribution is 2.18. The molecule has 0 aliphatic heterocycles. The maximum atomic E-state index is 11.3. The summed E-state index contributed by atoms with van der Waals surface area (Å²) >= 11 is 1.63. The molecule has 0 spiro atoms. The van der Waals surface area contributed by atoms with Crippen LogP contribution in [0.15, 0.2) is 10.4 Å². The number of ether oxygens (including phenoxy) is 1. The molecule has 1 saturated carbocycles. The summed E-state index contributed by atoms with van der Waals surface area (Å²) in [5, 5.41) is 9.70. The quantitative estimate of drug-likeness (QED) is 0.209. The zero-order chi connectivity index (χ0) is 15.8. The predicted molar refractivity (Wildman–Crippen MR) is 103 cm³/mol. The van der Waals surface area contributed by atoms with Crippen LogP contribution in [-0.2, 0) is 16.1 Å². The molecule has 1 aliphatic carbocycles. The topological polar surface area (TPSA) is 75.6 Å². The Labute approximate surface area is 158 Å². The van der Waals surface area contributed by atoms with E-state index in [4.69, 9.17) is 4.74 Å². The summed E-state index contributed by atoms with van der Waals surface area (Å²) in [5.41, 5.74) is 1.04. The number of carbonyl (C=O) groups is 1. The summed E-state index contributed by atoms with van der Waals surface area (Å²) in [6.45, 7) is 5.53. The molecule has 8 heteroatoms. The number of rotatable bonds is 8. The smallest absolute Gasteiger partial charge is 0.305 e. The van der Waals surface area contributed by atoms with Crippen molar-refractivity contribution in [2.45, 2.75) is 52.1 Å². The number of carbonyl (C=O) groups excluding carboxylic acids is 1. The van der Waals surface area contributed by atoms with E-state index in [1.165, 1.54) is 12.8 Å². The molecule has 0 atom stereocenters. The first-order valence-electron chi connectivity index (χ1n) is 7.79. The van der Waals surface area contributed by atoms with Gasteiger partial charge in [0.1, 0.15) is 5.01 Å². The van der Waals surface area contributed by atoms with Crippen molar-refractivity contribution >= 4 is 47.2 Å². The number of halogens is 1. The molecule has 0 amide bonds. The zero-order valence-corrected chi connectivity index (χ0v) is 16.8. The highest BCUT2D eigenvalue weighted by Gasteiger charge is 2.22. The molecule has 0 unspecified atom stereocenters. The SMILES string of the molecule is CCOC(=O)CCCNC(=NCc1nc(C)cs1)NC1CC1.I. The number of nitrogens with one attached hydrogen (secondary N) is 2. The number of hydrogen-bond acceptors (Lipinski definition) is 5. The molecule has 2 N–H and O–H groups in total.